The summed E-state index contributed by atoms with van der Waals surface area (Å²) in [6.45, 7) is 3.11. The first-order valence-corrected chi connectivity index (χ1v) is 6.77. The van der Waals surface area contributed by atoms with Crippen LogP contribution in [0.4, 0.5) is 17.3 Å². The van der Waals surface area contributed by atoms with Crippen LogP contribution in [0.2, 0.25) is 0 Å². The van der Waals surface area contributed by atoms with Crippen molar-refractivity contribution in [2.24, 2.45) is 0 Å². The van der Waals surface area contributed by atoms with E-state index in [0.29, 0.717) is 5.82 Å². The van der Waals surface area contributed by atoms with Gasteiger partial charge in [-0.2, -0.15) is 0 Å². The van der Waals surface area contributed by atoms with E-state index >= 15 is 0 Å². The molecule has 0 amide bonds. The van der Waals surface area contributed by atoms with E-state index in [2.05, 4.69) is 10.3 Å². The first kappa shape index (κ1) is 17.1. The summed E-state index contributed by atoms with van der Waals surface area (Å²) in [7, 11) is 3.14. The van der Waals surface area contributed by atoms with Gasteiger partial charge >= 0.3 is 5.69 Å². The van der Waals surface area contributed by atoms with Crippen molar-refractivity contribution in [2.75, 3.05) is 44.1 Å². The van der Waals surface area contributed by atoms with Crippen molar-refractivity contribution in [3.8, 4) is 0 Å². The summed E-state index contributed by atoms with van der Waals surface area (Å²) >= 11 is 0. The van der Waals surface area contributed by atoms with E-state index in [-0.39, 0.29) is 24.7 Å². The molecule has 1 unspecified atom stereocenters. The summed E-state index contributed by atoms with van der Waals surface area (Å²) in [5.41, 5.74) is -0.0934. The molecule has 2 N–H and O–H groups in total. The van der Waals surface area contributed by atoms with Crippen molar-refractivity contribution in [3.05, 3.63) is 22.2 Å². The first-order chi connectivity index (χ1) is 9.99. The molecule has 1 aromatic heterocycles. The van der Waals surface area contributed by atoms with Gasteiger partial charge in [0, 0.05) is 33.3 Å². The Balaban J connectivity index is 2.96. The molecule has 0 aliphatic rings. The second-order valence-corrected chi connectivity index (χ2v) is 4.71. The maximum atomic E-state index is 11.1. The number of hydrogen-bond donors (Lipinski definition) is 2. The number of aliphatic hydroxyl groups is 1. The zero-order valence-corrected chi connectivity index (χ0v) is 12.6. The van der Waals surface area contributed by atoms with Gasteiger partial charge in [-0.05, 0) is 12.5 Å². The lowest BCUT2D eigenvalue weighted by Gasteiger charge is -2.21. The van der Waals surface area contributed by atoms with E-state index < -0.39 is 11.0 Å². The first-order valence-electron chi connectivity index (χ1n) is 6.77. The van der Waals surface area contributed by atoms with E-state index in [9.17, 15) is 15.2 Å². The molecular formula is C13H22N4O4. The van der Waals surface area contributed by atoms with Crippen molar-refractivity contribution in [2.45, 2.75) is 19.4 Å². The maximum absolute atomic E-state index is 11.1. The zero-order chi connectivity index (χ0) is 15.8. The number of methoxy groups -OCH3 is 1. The van der Waals surface area contributed by atoms with Crippen LogP contribution in [-0.4, -0.2) is 55.0 Å². The van der Waals surface area contributed by atoms with Gasteiger partial charge in [0.2, 0.25) is 5.82 Å². The Hall–Kier alpha value is -1.93. The smallest absolute Gasteiger partial charge is 0.311 e. The van der Waals surface area contributed by atoms with Gasteiger partial charge in [-0.1, -0.05) is 6.92 Å². The molecule has 118 valence electrons. The standard InChI is InChI=1S/C13H22N4O4/c1-4-7-14-12-6-5-11(17(19)20)13(15-12)16(2)8-10(18)9-21-3/h5-6,10,18H,4,7-9H2,1-3H3,(H,14,15). The molecule has 0 aliphatic carbocycles. The third-order valence-electron chi connectivity index (χ3n) is 2.81. The van der Waals surface area contributed by atoms with Crippen LogP contribution < -0.4 is 10.2 Å². The number of pyridine rings is 1. The monoisotopic (exact) mass is 298 g/mol. The predicted molar refractivity (Wildman–Crippen MR) is 80.8 cm³/mol. The zero-order valence-electron chi connectivity index (χ0n) is 12.6. The van der Waals surface area contributed by atoms with E-state index in [1.165, 1.54) is 13.2 Å². The molecule has 0 spiro atoms. The average Bonchev–Trinajstić information content (AvgIpc) is 2.44. The fourth-order valence-corrected chi connectivity index (χ4v) is 1.86. The van der Waals surface area contributed by atoms with Gasteiger partial charge in [0.25, 0.3) is 0 Å². The third-order valence-corrected chi connectivity index (χ3v) is 2.81. The van der Waals surface area contributed by atoms with Crippen molar-refractivity contribution < 1.29 is 14.8 Å². The molecular weight excluding hydrogens is 276 g/mol. The normalized spacial score (nSPS) is 12.0. The molecule has 1 rings (SSSR count). The summed E-state index contributed by atoms with van der Waals surface area (Å²) in [5, 5.41) is 23.9. The van der Waals surface area contributed by atoms with Gasteiger partial charge in [-0.25, -0.2) is 4.98 Å². The van der Waals surface area contributed by atoms with Crippen LogP contribution in [0.3, 0.4) is 0 Å². The minimum absolute atomic E-state index is 0.0934. The van der Waals surface area contributed by atoms with Gasteiger partial charge in [-0.15, -0.1) is 0 Å². The number of ether oxygens (including phenoxy) is 1. The third kappa shape index (κ3) is 5.16. The second-order valence-electron chi connectivity index (χ2n) is 4.71. The minimum Gasteiger partial charge on any atom is -0.389 e. The van der Waals surface area contributed by atoms with Crippen molar-refractivity contribution in [1.29, 1.82) is 0 Å². The average molecular weight is 298 g/mol. The van der Waals surface area contributed by atoms with E-state index in [0.717, 1.165) is 13.0 Å². The largest absolute Gasteiger partial charge is 0.389 e. The number of rotatable bonds is 9. The molecule has 1 aromatic rings. The van der Waals surface area contributed by atoms with Gasteiger partial charge in [0.05, 0.1) is 17.6 Å². The highest BCUT2D eigenvalue weighted by molar-refractivity contribution is 5.61. The number of nitrogens with one attached hydrogen (secondary N) is 1. The number of nitrogens with zero attached hydrogens (tertiary/aromatic N) is 3. The molecule has 0 saturated heterocycles. The van der Waals surface area contributed by atoms with E-state index in [1.54, 1.807) is 18.0 Å². The lowest BCUT2D eigenvalue weighted by Crippen LogP contribution is -2.32. The number of likely N-dealkylation sites (N-methyl/N-ethyl adjacent to an activating group) is 1. The summed E-state index contributed by atoms with van der Waals surface area (Å²) in [6, 6.07) is 3.00. The molecule has 21 heavy (non-hydrogen) atoms. The Kier molecular flexibility index (Phi) is 6.83. The lowest BCUT2D eigenvalue weighted by atomic mass is 10.3. The number of aliphatic hydroxyl groups excluding tert-OH is 1. The number of hydrogen-bond acceptors (Lipinski definition) is 7. The van der Waals surface area contributed by atoms with E-state index in [1.807, 2.05) is 6.92 Å². The number of nitro groups is 1. The SMILES string of the molecule is CCCNc1ccc([N+](=O)[O-])c(N(C)CC(O)COC)n1. The molecule has 8 nitrogen and oxygen atoms in total. The van der Waals surface area contributed by atoms with Crippen LogP contribution in [0.25, 0.3) is 0 Å². The molecule has 0 radical (unpaired) electrons. The molecule has 0 bridgehead atoms. The van der Waals surface area contributed by atoms with Gasteiger partial charge < -0.3 is 20.1 Å². The Morgan fingerprint density at radius 1 is 1.57 bits per heavy atom. The van der Waals surface area contributed by atoms with Crippen LogP contribution >= 0.6 is 0 Å². The highest BCUT2D eigenvalue weighted by Crippen LogP contribution is 2.27. The summed E-state index contributed by atoms with van der Waals surface area (Å²) in [5.74, 6) is 0.793. The van der Waals surface area contributed by atoms with E-state index in [4.69, 9.17) is 4.74 Å². The number of aromatic nitrogens is 1. The Bertz CT molecular complexity index is 469. The van der Waals surface area contributed by atoms with Gasteiger partial charge in [0.15, 0.2) is 0 Å². The molecule has 0 aromatic carbocycles. The number of anilines is 2. The molecule has 8 heteroatoms. The Labute approximate surface area is 123 Å². The fraction of sp³-hybridized carbons (Fsp3) is 0.615. The Morgan fingerprint density at radius 3 is 2.86 bits per heavy atom. The van der Waals surface area contributed by atoms with Crippen LogP contribution in [0, 0.1) is 10.1 Å². The van der Waals surface area contributed by atoms with Crippen LogP contribution in [0.15, 0.2) is 12.1 Å². The molecule has 0 fully saturated rings. The van der Waals surface area contributed by atoms with Crippen molar-refractivity contribution in [1.82, 2.24) is 4.98 Å². The molecule has 1 heterocycles. The van der Waals surface area contributed by atoms with Gasteiger partial charge in [0.1, 0.15) is 5.82 Å². The molecule has 1 atom stereocenters. The Morgan fingerprint density at radius 2 is 2.29 bits per heavy atom. The quantitative estimate of drug-likeness (QED) is 0.522. The maximum Gasteiger partial charge on any atom is 0.311 e. The topological polar surface area (TPSA) is 101 Å². The van der Waals surface area contributed by atoms with Crippen molar-refractivity contribution in [3.63, 3.8) is 0 Å². The highest BCUT2D eigenvalue weighted by atomic mass is 16.6. The highest BCUT2D eigenvalue weighted by Gasteiger charge is 2.21. The summed E-state index contributed by atoms with van der Waals surface area (Å²) < 4.78 is 4.85. The van der Waals surface area contributed by atoms with Crippen LogP contribution in [0.5, 0.6) is 0 Å². The van der Waals surface area contributed by atoms with Crippen LogP contribution in [0.1, 0.15) is 13.3 Å². The second kappa shape index (κ2) is 8.38. The fourth-order valence-electron chi connectivity index (χ4n) is 1.86. The van der Waals surface area contributed by atoms with Gasteiger partial charge in [-0.3, -0.25) is 10.1 Å². The minimum atomic E-state index is -0.742. The summed E-state index contributed by atoms with van der Waals surface area (Å²) in [4.78, 5) is 16.4. The van der Waals surface area contributed by atoms with Crippen LogP contribution in [-0.2, 0) is 4.74 Å². The van der Waals surface area contributed by atoms with Crippen molar-refractivity contribution >= 4 is 17.3 Å². The molecule has 0 saturated carbocycles. The summed E-state index contributed by atoms with van der Waals surface area (Å²) in [6.07, 6.45) is 0.185. The molecule has 0 aliphatic heterocycles. The lowest BCUT2D eigenvalue weighted by molar-refractivity contribution is -0.384. The predicted octanol–water partition coefficient (Wildman–Crippen LogP) is 1.26.